The Morgan fingerprint density at radius 1 is 1.77 bits per heavy atom. The van der Waals surface area contributed by atoms with Crippen LogP contribution in [0.1, 0.15) is 19.8 Å². The predicted octanol–water partition coefficient (Wildman–Crippen LogP) is 1.53. The van der Waals surface area contributed by atoms with E-state index in [9.17, 15) is 9.59 Å². The number of nitrogens with zero attached hydrogens (tertiary/aromatic N) is 1. The minimum atomic E-state index is -0.523. The van der Waals surface area contributed by atoms with Gasteiger partial charge >= 0.3 is 6.09 Å². The SMILES string of the molecule is CCCC(Br)C(=O)N1CCOC1=O. The van der Waals surface area contributed by atoms with Crippen molar-refractivity contribution < 1.29 is 14.3 Å². The zero-order valence-corrected chi connectivity index (χ0v) is 9.04. The average molecular weight is 250 g/mol. The van der Waals surface area contributed by atoms with Crippen molar-refractivity contribution in [3.63, 3.8) is 0 Å². The minimum absolute atomic E-state index is 0.190. The summed E-state index contributed by atoms with van der Waals surface area (Å²) in [6.07, 6.45) is 1.12. The van der Waals surface area contributed by atoms with Crippen molar-refractivity contribution in [2.75, 3.05) is 13.2 Å². The molecule has 0 bridgehead atoms. The van der Waals surface area contributed by atoms with Gasteiger partial charge in [0.25, 0.3) is 0 Å². The van der Waals surface area contributed by atoms with Crippen molar-refractivity contribution in [1.29, 1.82) is 0 Å². The first-order chi connectivity index (χ1) is 6.16. The van der Waals surface area contributed by atoms with E-state index in [0.29, 0.717) is 13.2 Å². The summed E-state index contributed by atoms with van der Waals surface area (Å²) in [5, 5.41) is 0. The molecule has 1 heterocycles. The highest BCUT2D eigenvalue weighted by molar-refractivity contribution is 9.10. The van der Waals surface area contributed by atoms with Crippen LogP contribution in [0.4, 0.5) is 4.79 Å². The topological polar surface area (TPSA) is 46.6 Å². The highest BCUT2D eigenvalue weighted by atomic mass is 79.9. The van der Waals surface area contributed by atoms with E-state index in [-0.39, 0.29) is 10.7 Å². The molecule has 1 rings (SSSR count). The van der Waals surface area contributed by atoms with Crippen LogP contribution in [0, 0.1) is 0 Å². The molecule has 1 aliphatic rings. The molecule has 0 saturated carbocycles. The van der Waals surface area contributed by atoms with Gasteiger partial charge in [0.15, 0.2) is 0 Å². The molecule has 4 nitrogen and oxygen atoms in total. The van der Waals surface area contributed by atoms with Gasteiger partial charge in [0, 0.05) is 0 Å². The summed E-state index contributed by atoms with van der Waals surface area (Å²) >= 11 is 3.24. The van der Waals surface area contributed by atoms with E-state index in [1.807, 2.05) is 6.92 Å². The third-order valence-corrected chi connectivity index (χ3v) is 2.69. The maximum Gasteiger partial charge on any atom is 0.416 e. The maximum atomic E-state index is 11.5. The van der Waals surface area contributed by atoms with E-state index in [0.717, 1.165) is 17.7 Å². The Morgan fingerprint density at radius 2 is 2.46 bits per heavy atom. The quantitative estimate of drug-likeness (QED) is 0.713. The Balaban J connectivity index is 2.51. The minimum Gasteiger partial charge on any atom is -0.447 e. The molecule has 5 heteroatoms. The summed E-state index contributed by atoms with van der Waals surface area (Å²) in [5.74, 6) is -0.190. The van der Waals surface area contributed by atoms with E-state index in [4.69, 9.17) is 0 Å². The molecule has 0 N–H and O–H groups in total. The Morgan fingerprint density at radius 3 is 2.92 bits per heavy atom. The number of carbonyl (C=O) groups excluding carboxylic acids is 2. The first-order valence-corrected chi connectivity index (χ1v) is 5.20. The molecule has 0 radical (unpaired) electrons. The van der Waals surface area contributed by atoms with Crippen LogP contribution in [0.2, 0.25) is 0 Å². The maximum absolute atomic E-state index is 11.5. The largest absolute Gasteiger partial charge is 0.447 e. The van der Waals surface area contributed by atoms with Crippen LogP contribution in [0.15, 0.2) is 0 Å². The molecule has 1 aliphatic heterocycles. The lowest BCUT2D eigenvalue weighted by molar-refractivity contribution is -0.127. The number of amides is 2. The van der Waals surface area contributed by atoms with Crippen molar-refractivity contribution in [1.82, 2.24) is 4.90 Å². The average Bonchev–Trinajstić information content (AvgIpc) is 2.50. The summed E-state index contributed by atoms with van der Waals surface area (Å²) in [6.45, 7) is 2.68. The normalized spacial score (nSPS) is 18.6. The van der Waals surface area contributed by atoms with E-state index in [1.54, 1.807) is 0 Å². The molecule has 1 atom stereocenters. The van der Waals surface area contributed by atoms with Gasteiger partial charge in [-0.15, -0.1) is 0 Å². The van der Waals surface area contributed by atoms with E-state index in [1.165, 1.54) is 0 Å². The molecule has 0 aromatic heterocycles. The Hall–Kier alpha value is -0.580. The van der Waals surface area contributed by atoms with Crippen LogP contribution in [-0.2, 0) is 9.53 Å². The molecule has 0 spiro atoms. The zero-order chi connectivity index (χ0) is 9.84. The number of cyclic esters (lactones) is 1. The molecule has 0 aliphatic carbocycles. The smallest absolute Gasteiger partial charge is 0.416 e. The second-order valence-electron chi connectivity index (χ2n) is 2.86. The summed E-state index contributed by atoms with van der Waals surface area (Å²) in [6, 6.07) is 0. The third kappa shape index (κ3) is 2.43. The van der Waals surface area contributed by atoms with Gasteiger partial charge in [-0.2, -0.15) is 0 Å². The molecular weight excluding hydrogens is 238 g/mol. The van der Waals surface area contributed by atoms with Gasteiger partial charge in [-0.1, -0.05) is 29.3 Å². The van der Waals surface area contributed by atoms with Crippen LogP contribution in [0.25, 0.3) is 0 Å². The lowest BCUT2D eigenvalue weighted by Crippen LogP contribution is -2.37. The van der Waals surface area contributed by atoms with Crippen molar-refractivity contribution in [3.05, 3.63) is 0 Å². The van der Waals surface area contributed by atoms with Crippen molar-refractivity contribution in [2.45, 2.75) is 24.6 Å². The molecule has 74 valence electrons. The van der Waals surface area contributed by atoms with Crippen molar-refractivity contribution in [3.8, 4) is 0 Å². The molecule has 13 heavy (non-hydrogen) atoms. The fraction of sp³-hybridized carbons (Fsp3) is 0.750. The number of hydrogen-bond acceptors (Lipinski definition) is 3. The molecule has 0 aromatic carbocycles. The van der Waals surface area contributed by atoms with Gasteiger partial charge in [-0.3, -0.25) is 4.79 Å². The molecule has 1 fully saturated rings. The lowest BCUT2D eigenvalue weighted by Gasteiger charge is -2.14. The van der Waals surface area contributed by atoms with Crippen molar-refractivity contribution >= 4 is 27.9 Å². The molecule has 1 unspecified atom stereocenters. The van der Waals surface area contributed by atoms with Gasteiger partial charge in [0.1, 0.15) is 6.61 Å². The van der Waals surface area contributed by atoms with E-state index >= 15 is 0 Å². The van der Waals surface area contributed by atoms with Crippen LogP contribution in [0.3, 0.4) is 0 Å². The molecule has 2 amide bonds. The van der Waals surface area contributed by atoms with Crippen LogP contribution >= 0.6 is 15.9 Å². The predicted molar refractivity (Wildman–Crippen MR) is 50.7 cm³/mol. The number of imide groups is 1. The summed E-state index contributed by atoms with van der Waals surface area (Å²) in [4.78, 5) is 23.4. The number of ether oxygens (including phenoxy) is 1. The molecule has 0 aromatic rings. The highest BCUT2D eigenvalue weighted by Crippen LogP contribution is 2.14. The fourth-order valence-electron chi connectivity index (χ4n) is 1.14. The standard InChI is InChI=1S/C8H12BrNO3/c1-2-3-6(9)7(11)10-4-5-13-8(10)12/h6H,2-5H2,1H3. The Kier molecular flexibility index (Phi) is 3.71. The molecule has 1 saturated heterocycles. The Bertz CT molecular complexity index is 219. The van der Waals surface area contributed by atoms with Gasteiger partial charge in [-0.05, 0) is 6.42 Å². The number of carbonyl (C=O) groups is 2. The van der Waals surface area contributed by atoms with E-state index in [2.05, 4.69) is 20.7 Å². The third-order valence-electron chi connectivity index (χ3n) is 1.84. The lowest BCUT2D eigenvalue weighted by atomic mass is 10.2. The first kappa shape index (κ1) is 10.5. The van der Waals surface area contributed by atoms with Gasteiger partial charge in [-0.25, -0.2) is 9.69 Å². The van der Waals surface area contributed by atoms with Crippen LogP contribution < -0.4 is 0 Å². The summed E-state index contributed by atoms with van der Waals surface area (Å²) in [5.41, 5.74) is 0. The second-order valence-corrected chi connectivity index (χ2v) is 3.97. The Labute approximate surface area is 85.4 Å². The number of halogens is 1. The van der Waals surface area contributed by atoms with Crippen LogP contribution in [0.5, 0.6) is 0 Å². The summed E-state index contributed by atoms with van der Waals surface area (Å²) in [7, 11) is 0. The second kappa shape index (κ2) is 4.60. The zero-order valence-electron chi connectivity index (χ0n) is 7.46. The van der Waals surface area contributed by atoms with E-state index < -0.39 is 6.09 Å². The highest BCUT2D eigenvalue weighted by Gasteiger charge is 2.31. The number of hydrogen-bond donors (Lipinski definition) is 0. The van der Waals surface area contributed by atoms with Gasteiger partial charge in [0.2, 0.25) is 5.91 Å². The number of alkyl halides is 1. The van der Waals surface area contributed by atoms with Gasteiger partial charge < -0.3 is 4.74 Å². The first-order valence-electron chi connectivity index (χ1n) is 4.29. The van der Waals surface area contributed by atoms with Gasteiger partial charge in [0.05, 0.1) is 11.4 Å². The fourth-order valence-corrected chi connectivity index (χ4v) is 1.84. The number of rotatable bonds is 3. The van der Waals surface area contributed by atoms with Crippen LogP contribution in [-0.4, -0.2) is 34.9 Å². The monoisotopic (exact) mass is 249 g/mol. The van der Waals surface area contributed by atoms with Crippen molar-refractivity contribution in [2.24, 2.45) is 0 Å². The summed E-state index contributed by atoms with van der Waals surface area (Å²) < 4.78 is 4.66. The molecular formula is C8H12BrNO3.